The summed E-state index contributed by atoms with van der Waals surface area (Å²) in [5.41, 5.74) is 11.8. The molecular weight excluding hydrogens is 741 g/mol. The third-order valence-electron chi connectivity index (χ3n) is 11.6. The van der Waals surface area contributed by atoms with Crippen LogP contribution in [0.5, 0.6) is 0 Å². The van der Waals surface area contributed by atoms with Crippen molar-refractivity contribution >= 4 is 102 Å². The van der Waals surface area contributed by atoms with Crippen LogP contribution < -0.4 is 4.90 Å². The molecule has 9 aromatic carbocycles. The molecule has 0 radical (unpaired) electrons. The Labute approximate surface area is 343 Å². The molecule has 0 spiro atoms. The normalized spacial score (nSPS) is 11.8. The number of hydrogen-bond donors (Lipinski definition) is 0. The van der Waals surface area contributed by atoms with Crippen LogP contribution in [0.25, 0.3) is 90.1 Å². The Balaban J connectivity index is 0.953. The second-order valence-corrected chi connectivity index (χ2v) is 17.1. The maximum absolute atomic E-state index is 2.39. The molecule has 272 valence electrons. The zero-order valence-electron chi connectivity index (χ0n) is 31.3. The van der Waals surface area contributed by atoms with Crippen LogP contribution in [0, 0.1) is 0 Å². The van der Waals surface area contributed by atoms with Crippen molar-refractivity contribution in [1.82, 2.24) is 4.57 Å². The lowest BCUT2D eigenvalue weighted by Gasteiger charge is -2.26. The fraction of sp³-hybridized carbons (Fsp3) is 0. The monoisotopic (exact) mass is 774 g/mol. The standard InChI is InChI=1S/C54H34N2S2/c1-2-10-39(11-3-1)56-49-15-7-4-12-43(49)46-32-37(22-29-50(46)56)35-18-24-40(25-19-35)55(42-28-31-54-48(34-42)45-14-6-9-17-52(45)58-54)41-26-20-36(21-27-41)38-23-30-53-47(33-38)44-13-5-8-16-51(44)57-53/h1-34H. The maximum Gasteiger partial charge on any atom is 0.0541 e. The van der Waals surface area contributed by atoms with E-state index in [2.05, 4.69) is 216 Å². The molecule has 0 unspecified atom stereocenters. The van der Waals surface area contributed by atoms with E-state index in [1.807, 2.05) is 22.7 Å². The molecule has 12 aromatic rings. The SMILES string of the molecule is c1ccc(-n2c3ccccc3c3cc(-c4ccc(N(c5ccc(-c6ccc7sc8ccccc8c7c6)cc5)c5ccc6sc7ccccc7c6c5)cc4)ccc32)cc1. The zero-order valence-corrected chi connectivity index (χ0v) is 33.0. The van der Waals surface area contributed by atoms with Gasteiger partial charge in [-0.3, -0.25) is 0 Å². The number of fused-ring (bicyclic) bond motifs is 9. The Hall–Kier alpha value is -6.98. The molecule has 3 heterocycles. The Kier molecular flexibility index (Phi) is 7.62. The summed E-state index contributed by atoms with van der Waals surface area (Å²) in [4.78, 5) is 2.39. The van der Waals surface area contributed by atoms with E-state index in [0.717, 1.165) is 17.1 Å². The predicted molar refractivity (Wildman–Crippen MR) is 252 cm³/mol. The number of para-hydroxylation sites is 2. The van der Waals surface area contributed by atoms with Crippen molar-refractivity contribution in [1.29, 1.82) is 0 Å². The Morgan fingerprint density at radius 2 is 0.741 bits per heavy atom. The van der Waals surface area contributed by atoms with Crippen LogP contribution in [0.1, 0.15) is 0 Å². The van der Waals surface area contributed by atoms with Gasteiger partial charge in [-0.25, -0.2) is 0 Å². The topological polar surface area (TPSA) is 8.17 Å². The summed E-state index contributed by atoms with van der Waals surface area (Å²) >= 11 is 3.72. The molecule has 3 aromatic heterocycles. The molecule has 0 fully saturated rings. The highest BCUT2D eigenvalue weighted by atomic mass is 32.1. The summed E-state index contributed by atoms with van der Waals surface area (Å²) in [6.07, 6.45) is 0. The first-order valence-corrected chi connectivity index (χ1v) is 21.3. The summed E-state index contributed by atoms with van der Waals surface area (Å²) in [5, 5.41) is 7.75. The Morgan fingerprint density at radius 3 is 1.40 bits per heavy atom. The predicted octanol–water partition coefficient (Wildman–Crippen LogP) is 16.3. The highest BCUT2D eigenvalue weighted by Crippen LogP contribution is 2.43. The van der Waals surface area contributed by atoms with Crippen molar-refractivity contribution in [3.63, 3.8) is 0 Å². The van der Waals surface area contributed by atoms with Crippen molar-refractivity contribution in [3.05, 3.63) is 206 Å². The highest BCUT2D eigenvalue weighted by molar-refractivity contribution is 7.26. The third kappa shape index (κ3) is 5.37. The molecule has 0 amide bonds. The summed E-state index contributed by atoms with van der Waals surface area (Å²) < 4.78 is 7.64. The molecule has 0 aliphatic heterocycles. The number of nitrogens with zero attached hydrogens (tertiary/aromatic N) is 2. The van der Waals surface area contributed by atoms with E-state index in [9.17, 15) is 0 Å². The van der Waals surface area contributed by atoms with Crippen LogP contribution in [-0.4, -0.2) is 4.57 Å². The molecule has 12 rings (SSSR count). The van der Waals surface area contributed by atoms with E-state index >= 15 is 0 Å². The average molecular weight is 775 g/mol. The van der Waals surface area contributed by atoms with E-state index in [1.165, 1.54) is 90.1 Å². The van der Waals surface area contributed by atoms with Gasteiger partial charge in [0.05, 0.1) is 11.0 Å². The minimum absolute atomic E-state index is 1.11. The van der Waals surface area contributed by atoms with Crippen LogP contribution in [-0.2, 0) is 0 Å². The van der Waals surface area contributed by atoms with Gasteiger partial charge in [-0.05, 0) is 119 Å². The number of rotatable bonds is 6. The van der Waals surface area contributed by atoms with Gasteiger partial charge in [-0.1, -0.05) is 109 Å². The van der Waals surface area contributed by atoms with Crippen molar-refractivity contribution in [3.8, 4) is 27.9 Å². The van der Waals surface area contributed by atoms with Crippen LogP contribution in [0.2, 0.25) is 0 Å². The first-order chi connectivity index (χ1) is 28.7. The molecule has 58 heavy (non-hydrogen) atoms. The van der Waals surface area contributed by atoms with E-state index in [4.69, 9.17) is 0 Å². The van der Waals surface area contributed by atoms with Crippen molar-refractivity contribution < 1.29 is 0 Å². The van der Waals surface area contributed by atoms with Gasteiger partial charge in [0.25, 0.3) is 0 Å². The molecule has 0 saturated carbocycles. The molecule has 0 atom stereocenters. The fourth-order valence-electron chi connectivity index (χ4n) is 8.82. The lowest BCUT2D eigenvalue weighted by atomic mass is 10.0. The Bertz CT molecular complexity index is 3500. The second-order valence-electron chi connectivity index (χ2n) is 14.9. The molecule has 0 aliphatic carbocycles. The minimum atomic E-state index is 1.11. The largest absolute Gasteiger partial charge is 0.310 e. The fourth-order valence-corrected chi connectivity index (χ4v) is 11.0. The van der Waals surface area contributed by atoms with Crippen molar-refractivity contribution in [2.75, 3.05) is 4.90 Å². The van der Waals surface area contributed by atoms with E-state index < -0.39 is 0 Å². The first-order valence-electron chi connectivity index (χ1n) is 19.7. The van der Waals surface area contributed by atoms with E-state index in [0.29, 0.717) is 0 Å². The summed E-state index contributed by atoms with van der Waals surface area (Å²) in [6.45, 7) is 0. The van der Waals surface area contributed by atoms with Crippen LogP contribution in [0.4, 0.5) is 17.1 Å². The lowest BCUT2D eigenvalue weighted by molar-refractivity contribution is 1.18. The van der Waals surface area contributed by atoms with E-state index in [1.54, 1.807) is 0 Å². The summed E-state index contributed by atoms with van der Waals surface area (Å²) in [6, 6.07) is 75.7. The summed E-state index contributed by atoms with van der Waals surface area (Å²) in [7, 11) is 0. The zero-order chi connectivity index (χ0) is 38.2. The van der Waals surface area contributed by atoms with Gasteiger partial charge >= 0.3 is 0 Å². The van der Waals surface area contributed by atoms with Gasteiger partial charge in [0.15, 0.2) is 0 Å². The van der Waals surface area contributed by atoms with Crippen molar-refractivity contribution in [2.24, 2.45) is 0 Å². The third-order valence-corrected chi connectivity index (χ3v) is 13.9. The van der Waals surface area contributed by atoms with Crippen LogP contribution >= 0.6 is 22.7 Å². The van der Waals surface area contributed by atoms with Gasteiger partial charge in [0, 0.05) is 73.9 Å². The van der Waals surface area contributed by atoms with Gasteiger partial charge in [-0.2, -0.15) is 0 Å². The summed E-state index contributed by atoms with van der Waals surface area (Å²) in [5.74, 6) is 0. The number of aromatic nitrogens is 1. The van der Waals surface area contributed by atoms with Crippen molar-refractivity contribution in [2.45, 2.75) is 0 Å². The molecule has 2 nitrogen and oxygen atoms in total. The average Bonchev–Trinajstić information content (AvgIpc) is 3.96. The molecule has 0 aliphatic rings. The number of thiophene rings is 2. The highest BCUT2D eigenvalue weighted by Gasteiger charge is 2.17. The maximum atomic E-state index is 2.39. The van der Waals surface area contributed by atoms with Crippen LogP contribution in [0.15, 0.2) is 206 Å². The second kappa shape index (κ2) is 13.3. The van der Waals surface area contributed by atoms with Crippen LogP contribution in [0.3, 0.4) is 0 Å². The van der Waals surface area contributed by atoms with E-state index in [-0.39, 0.29) is 0 Å². The lowest BCUT2D eigenvalue weighted by Crippen LogP contribution is -2.09. The van der Waals surface area contributed by atoms with Gasteiger partial charge < -0.3 is 9.47 Å². The quantitative estimate of drug-likeness (QED) is 0.163. The number of anilines is 3. The number of hydrogen-bond acceptors (Lipinski definition) is 3. The first kappa shape index (κ1) is 33.2. The van der Waals surface area contributed by atoms with Gasteiger partial charge in [0.1, 0.15) is 0 Å². The molecule has 0 N–H and O–H groups in total. The number of benzene rings is 9. The Morgan fingerprint density at radius 1 is 0.293 bits per heavy atom. The molecule has 0 saturated heterocycles. The van der Waals surface area contributed by atoms with Gasteiger partial charge in [-0.15, -0.1) is 22.7 Å². The minimum Gasteiger partial charge on any atom is -0.310 e. The smallest absolute Gasteiger partial charge is 0.0541 e. The molecule has 4 heteroatoms. The molecule has 0 bridgehead atoms. The molecular formula is C54H34N2S2. The van der Waals surface area contributed by atoms with Gasteiger partial charge in [0.2, 0.25) is 0 Å².